The predicted octanol–water partition coefficient (Wildman–Crippen LogP) is 3.86. The number of ether oxygens (including phenoxy) is 1. The van der Waals surface area contributed by atoms with Crippen LogP contribution in [0.4, 0.5) is 5.69 Å². The lowest BCUT2D eigenvalue weighted by Gasteiger charge is -2.57. The smallest absolute Gasteiger partial charge is 0.337 e. The van der Waals surface area contributed by atoms with Gasteiger partial charge < -0.3 is 4.74 Å². The molecule has 0 radical (unpaired) electrons. The van der Waals surface area contributed by atoms with Crippen molar-refractivity contribution in [3.05, 3.63) is 65.2 Å². The van der Waals surface area contributed by atoms with Crippen molar-refractivity contribution in [3.63, 3.8) is 0 Å². The van der Waals surface area contributed by atoms with Crippen LogP contribution in [-0.4, -0.2) is 46.4 Å². The average molecular weight is 524 g/mol. The van der Waals surface area contributed by atoms with E-state index in [0.29, 0.717) is 16.8 Å². The molecular weight excluding hydrogens is 490 g/mol. The van der Waals surface area contributed by atoms with Crippen LogP contribution < -0.4 is 9.73 Å². The first-order valence-electron chi connectivity index (χ1n) is 12.7. The lowest BCUT2D eigenvalue weighted by molar-refractivity contribution is -0.119. The SMILES string of the molecule is COC(=O)c1ccc(/C=N\NC(=O)CN(c2ccc(C34CC5CC(CC(C5)C3)C4)cc2)S(C)(=O)=O)cc1. The lowest BCUT2D eigenvalue weighted by Crippen LogP contribution is -2.48. The van der Waals surface area contributed by atoms with E-state index in [4.69, 9.17) is 0 Å². The van der Waals surface area contributed by atoms with E-state index in [2.05, 4.69) is 27.4 Å². The average Bonchev–Trinajstić information content (AvgIpc) is 2.86. The zero-order chi connectivity index (χ0) is 26.2. The highest BCUT2D eigenvalue weighted by Gasteiger charge is 2.51. The molecule has 0 atom stereocenters. The Morgan fingerprint density at radius 1 is 1.00 bits per heavy atom. The van der Waals surface area contributed by atoms with Crippen LogP contribution in [0.25, 0.3) is 0 Å². The fraction of sp³-hybridized carbons (Fsp3) is 0.464. The summed E-state index contributed by atoms with van der Waals surface area (Å²) in [6.45, 7) is -0.381. The molecule has 4 aliphatic carbocycles. The Bertz CT molecular complexity index is 1270. The molecule has 2 aromatic carbocycles. The number of benzene rings is 2. The Labute approximate surface area is 218 Å². The number of nitrogens with zero attached hydrogens (tertiary/aromatic N) is 2. The predicted molar refractivity (Wildman–Crippen MR) is 142 cm³/mol. The Hall–Kier alpha value is -3.20. The largest absolute Gasteiger partial charge is 0.465 e. The molecule has 0 unspecified atom stereocenters. The molecule has 2 aromatic rings. The summed E-state index contributed by atoms with van der Waals surface area (Å²) in [7, 11) is -2.38. The molecule has 0 saturated heterocycles. The van der Waals surface area contributed by atoms with Gasteiger partial charge >= 0.3 is 5.97 Å². The molecule has 37 heavy (non-hydrogen) atoms. The quantitative estimate of drug-likeness (QED) is 0.321. The Morgan fingerprint density at radius 2 is 1.57 bits per heavy atom. The van der Waals surface area contributed by atoms with Gasteiger partial charge in [0.15, 0.2) is 0 Å². The number of carbonyl (C=O) groups is 2. The van der Waals surface area contributed by atoms with Crippen LogP contribution in [0.15, 0.2) is 53.6 Å². The number of hydrazone groups is 1. The Balaban J connectivity index is 1.24. The van der Waals surface area contributed by atoms with Crippen molar-refractivity contribution >= 4 is 33.8 Å². The van der Waals surface area contributed by atoms with E-state index in [1.54, 1.807) is 24.3 Å². The highest BCUT2D eigenvalue weighted by Crippen LogP contribution is 2.60. The number of sulfonamides is 1. The third kappa shape index (κ3) is 5.42. The van der Waals surface area contributed by atoms with Gasteiger partial charge in [0.05, 0.1) is 30.8 Å². The van der Waals surface area contributed by atoms with Gasteiger partial charge in [-0.1, -0.05) is 24.3 Å². The first kappa shape index (κ1) is 25.4. The first-order chi connectivity index (χ1) is 17.6. The summed E-state index contributed by atoms with van der Waals surface area (Å²) in [6, 6.07) is 14.3. The van der Waals surface area contributed by atoms with Gasteiger partial charge in [0.1, 0.15) is 6.54 Å². The molecule has 196 valence electrons. The van der Waals surface area contributed by atoms with Gasteiger partial charge in [-0.3, -0.25) is 9.10 Å². The molecule has 6 rings (SSSR count). The van der Waals surface area contributed by atoms with Crippen LogP contribution in [0.5, 0.6) is 0 Å². The van der Waals surface area contributed by atoms with Crippen molar-refractivity contribution < 1.29 is 22.7 Å². The number of amides is 1. The molecule has 4 fully saturated rings. The molecule has 1 amide bonds. The molecule has 4 bridgehead atoms. The summed E-state index contributed by atoms with van der Waals surface area (Å²) in [5.74, 6) is 1.48. The Kier molecular flexibility index (Phi) is 6.83. The number of hydrogen-bond acceptors (Lipinski definition) is 6. The maximum atomic E-state index is 12.6. The standard InChI is InChI=1S/C28H33N3O5S/c1-36-27(33)23-5-3-19(4-6-23)17-29-30-26(32)18-31(37(2,34)35)25-9-7-24(8-10-25)28-14-20-11-21(15-28)13-22(12-20)16-28/h3-10,17,20-22H,11-16,18H2,1-2H3,(H,30,32)/b29-17-. The number of carbonyl (C=O) groups excluding carboxylic acids is 2. The second-order valence-corrected chi connectivity index (χ2v) is 12.8. The zero-order valence-electron chi connectivity index (χ0n) is 21.2. The molecule has 8 nitrogen and oxygen atoms in total. The topological polar surface area (TPSA) is 105 Å². The Morgan fingerprint density at radius 3 is 2.08 bits per heavy atom. The van der Waals surface area contributed by atoms with Gasteiger partial charge in [0.25, 0.3) is 5.91 Å². The number of esters is 1. The van der Waals surface area contributed by atoms with Crippen molar-refractivity contribution in [2.75, 3.05) is 24.2 Å². The summed E-state index contributed by atoms with van der Waals surface area (Å²) < 4.78 is 30.9. The van der Waals surface area contributed by atoms with Gasteiger partial charge in [-0.25, -0.2) is 18.6 Å². The fourth-order valence-electron chi connectivity index (χ4n) is 7.01. The molecule has 0 aliphatic heterocycles. The van der Waals surface area contributed by atoms with Crippen LogP contribution >= 0.6 is 0 Å². The van der Waals surface area contributed by atoms with E-state index in [-0.39, 0.29) is 12.0 Å². The van der Waals surface area contributed by atoms with E-state index >= 15 is 0 Å². The normalized spacial score (nSPS) is 26.3. The second kappa shape index (κ2) is 9.93. The maximum Gasteiger partial charge on any atom is 0.337 e. The summed E-state index contributed by atoms with van der Waals surface area (Å²) in [5, 5.41) is 3.92. The molecule has 9 heteroatoms. The highest BCUT2D eigenvalue weighted by molar-refractivity contribution is 7.92. The second-order valence-electron chi connectivity index (χ2n) is 10.9. The summed E-state index contributed by atoms with van der Waals surface area (Å²) >= 11 is 0. The van der Waals surface area contributed by atoms with Gasteiger partial charge in [-0.15, -0.1) is 0 Å². The highest BCUT2D eigenvalue weighted by atomic mass is 32.2. The number of methoxy groups -OCH3 is 1. The minimum atomic E-state index is -3.69. The third-order valence-electron chi connectivity index (χ3n) is 8.23. The van der Waals surface area contributed by atoms with E-state index in [0.717, 1.165) is 28.3 Å². The van der Waals surface area contributed by atoms with E-state index in [1.807, 2.05) is 12.1 Å². The molecular formula is C28H33N3O5S. The molecule has 0 heterocycles. The number of nitrogens with one attached hydrogen (secondary N) is 1. The van der Waals surface area contributed by atoms with Crippen molar-refractivity contribution in [2.45, 2.75) is 43.9 Å². The minimum absolute atomic E-state index is 0.227. The number of anilines is 1. The van der Waals surface area contributed by atoms with Crippen LogP contribution in [0.1, 0.15) is 60.0 Å². The summed E-state index contributed by atoms with van der Waals surface area (Å²) in [5.41, 5.74) is 5.44. The van der Waals surface area contributed by atoms with Crippen LogP contribution in [-0.2, 0) is 25.0 Å². The first-order valence-corrected chi connectivity index (χ1v) is 14.6. The lowest BCUT2D eigenvalue weighted by atomic mass is 9.48. The van der Waals surface area contributed by atoms with Gasteiger partial charge in [-0.05, 0) is 97.1 Å². The molecule has 4 aliphatic rings. The van der Waals surface area contributed by atoms with Crippen molar-refractivity contribution in [2.24, 2.45) is 22.9 Å². The van der Waals surface area contributed by atoms with Gasteiger partial charge in [0, 0.05) is 0 Å². The van der Waals surface area contributed by atoms with Crippen LogP contribution in [0.3, 0.4) is 0 Å². The molecule has 0 spiro atoms. The van der Waals surface area contributed by atoms with E-state index in [1.165, 1.54) is 57.4 Å². The number of rotatable bonds is 8. The van der Waals surface area contributed by atoms with E-state index < -0.39 is 21.9 Å². The van der Waals surface area contributed by atoms with Crippen molar-refractivity contribution in [1.82, 2.24) is 5.43 Å². The minimum Gasteiger partial charge on any atom is -0.465 e. The van der Waals surface area contributed by atoms with Crippen LogP contribution in [0.2, 0.25) is 0 Å². The van der Waals surface area contributed by atoms with Crippen molar-refractivity contribution in [3.8, 4) is 0 Å². The van der Waals surface area contributed by atoms with Crippen molar-refractivity contribution in [1.29, 1.82) is 0 Å². The summed E-state index contributed by atoms with van der Waals surface area (Å²) in [6.07, 6.45) is 10.3. The fourth-order valence-corrected chi connectivity index (χ4v) is 7.87. The molecule has 0 aromatic heterocycles. The molecule has 1 N–H and O–H groups in total. The monoisotopic (exact) mass is 523 g/mol. The zero-order valence-corrected chi connectivity index (χ0v) is 22.0. The van der Waals surface area contributed by atoms with E-state index in [9.17, 15) is 18.0 Å². The third-order valence-corrected chi connectivity index (χ3v) is 9.37. The summed E-state index contributed by atoms with van der Waals surface area (Å²) in [4.78, 5) is 24.1. The maximum absolute atomic E-state index is 12.6. The van der Waals surface area contributed by atoms with Crippen LogP contribution in [0, 0.1) is 17.8 Å². The van der Waals surface area contributed by atoms with Gasteiger partial charge in [0.2, 0.25) is 10.0 Å². The van der Waals surface area contributed by atoms with Gasteiger partial charge in [-0.2, -0.15) is 5.10 Å². The number of hydrogen-bond donors (Lipinski definition) is 1. The molecule has 4 saturated carbocycles.